The zero-order chi connectivity index (χ0) is 15.9. The summed E-state index contributed by atoms with van der Waals surface area (Å²) in [4.78, 5) is 18.6. The minimum absolute atomic E-state index is 0.0698. The molecule has 0 unspecified atom stereocenters. The highest BCUT2D eigenvalue weighted by molar-refractivity contribution is 5.71. The average Bonchev–Trinajstić information content (AvgIpc) is 2.48. The summed E-state index contributed by atoms with van der Waals surface area (Å²) in [6, 6.07) is 0. The molecule has 2 saturated heterocycles. The molecule has 0 spiro atoms. The normalized spacial score (nSPS) is 23.1. The van der Waals surface area contributed by atoms with E-state index in [1.54, 1.807) is 0 Å². The second-order valence-corrected chi connectivity index (χ2v) is 7.28. The first-order valence-corrected chi connectivity index (χ1v) is 8.76. The maximum Gasteiger partial charge on any atom is 0.320 e. The van der Waals surface area contributed by atoms with Crippen molar-refractivity contribution in [2.24, 2.45) is 11.8 Å². The van der Waals surface area contributed by atoms with Crippen LogP contribution in [0.2, 0.25) is 0 Å². The average molecular weight is 311 g/mol. The predicted octanol–water partition coefficient (Wildman–Crippen LogP) is 1.15. The van der Waals surface area contributed by atoms with Crippen LogP contribution < -0.4 is 0 Å². The SMILES string of the molecule is CN(C)CCOC(=O)CN1CCC(C2CCN(C)CC2)CC1. The van der Waals surface area contributed by atoms with Crippen LogP contribution in [0.1, 0.15) is 25.7 Å². The predicted molar refractivity (Wildman–Crippen MR) is 88.9 cm³/mol. The molecule has 0 bridgehead atoms. The largest absolute Gasteiger partial charge is 0.463 e. The summed E-state index contributed by atoms with van der Waals surface area (Å²) < 4.78 is 5.28. The number of esters is 1. The quantitative estimate of drug-likeness (QED) is 0.688. The van der Waals surface area contributed by atoms with E-state index in [0.29, 0.717) is 13.2 Å². The van der Waals surface area contributed by atoms with Gasteiger partial charge in [-0.25, -0.2) is 0 Å². The second-order valence-electron chi connectivity index (χ2n) is 7.28. The van der Waals surface area contributed by atoms with Gasteiger partial charge in [-0.2, -0.15) is 0 Å². The first-order valence-electron chi connectivity index (χ1n) is 8.76. The van der Waals surface area contributed by atoms with E-state index in [1.165, 1.54) is 38.8 Å². The Balaban J connectivity index is 1.61. The Bertz CT molecular complexity index is 333. The van der Waals surface area contributed by atoms with Crippen molar-refractivity contribution in [3.63, 3.8) is 0 Å². The highest BCUT2D eigenvalue weighted by Gasteiger charge is 2.29. The van der Waals surface area contributed by atoms with E-state index in [9.17, 15) is 4.79 Å². The molecule has 2 aliphatic heterocycles. The van der Waals surface area contributed by atoms with Crippen LogP contribution in [0.4, 0.5) is 0 Å². The summed E-state index contributed by atoms with van der Waals surface area (Å²) >= 11 is 0. The molecular weight excluding hydrogens is 278 g/mol. The van der Waals surface area contributed by atoms with Crippen LogP contribution in [0.3, 0.4) is 0 Å². The molecule has 2 heterocycles. The minimum atomic E-state index is -0.0698. The number of hydrogen-bond acceptors (Lipinski definition) is 5. The molecule has 22 heavy (non-hydrogen) atoms. The topological polar surface area (TPSA) is 36.0 Å². The van der Waals surface area contributed by atoms with Crippen LogP contribution in [-0.4, -0.2) is 87.7 Å². The fraction of sp³-hybridized carbons (Fsp3) is 0.941. The smallest absolute Gasteiger partial charge is 0.320 e. The number of carbonyl (C=O) groups excluding carboxylic acids is 1. The molecule has 0 aromatic rings. The lowest BCUT2D eigenvalue weighted by Gasteiger charge is -2.39. The van der Waals surface area contributed by atoms with Crippen LogP contribution in [0.15, 0.2) is 0 Å². The van der Waals surface area contributed by atoms with Gasteiger partial charge in [0, 0.05) is 6.54 Å². The number of piperidine rings is 2. The Morgan fingerprint density at radius 2 is 1.59 bits per heavy atom. The molecule has 0 aromatic carbocycles. The van der Waals surface area contributed by atoms with Gasteiger partial charge >= 0.3 is 5.97 Å². The third-order valence-corrected chi connectivity index (χ3v) is 5.22. The van der Waals surface area contributed by atoms with Crippen LogP contribution in [0, 0.1) is 11.8 Å². The summed E-state index contributed by atoms with van der Waals surface area (Å²) in [5.74, 6) is 1.71. The molecule has 0 amide bonds. The zero-order valence-electron chi connectivity index (χ0n) is 14.6. The van der Waals surface area contributed by atoms with Gasteiger partial charge in [0.15, 0.2) is 0 Å². The molecule has 0 radical (unpaired) electrons. The molecule has 128 valence electrons. The van der Waals surface area contributed by atoms with Crippen LogP contribution in [0.25, 0.3) is 0 Å². The van der Waals surface area contributed by atoms with Gasteiger partial charge < -0.3 is 14.5 Å². The number of carbonyl (C=O) groups is 1. The summed E-state index contributed by atoms with van der Waals surface area (Å²) in [6.07, 6.45) is 5.21. The van der Waals surface area contributed by atoms with Crippen LogP contribution >= 0.6 is 0 Å². The monoisotopic (exact) mass is 311 g/mol. The zero-order valence-corrected chi connectivity index (χ0v) is 14.6. The van der Waals surface area contributed by atoms with E-state index < -0.39 is 0 Å². The molecule has 0 aromatic heterocycles. The van der Waals surface area contributed by atoms with Crippen molar-refractivity contribution in [2.75, 3.05) is 67.0 Å². The van der Waals surface area contributed by atoms with E-state index in [4.69, 9.17) is 4.74 Å². The van der Waals surface area contributed by atoms with Gasteiger partial charge in [-0.1, -0.05) is 0 Å². The van der Waals surface area contributed by atoms with Crippen molar-refractivity contribution >= 4 is 5.97 Å². The Hall–Kier alpha value is -0.650. The van der Waals surface area contributed by atoms with Gasteiger partial charge in [-0.05, 0) is 84.8 Å². The summed E-state index contributed by atoms with van der Waals surface area (Å²) in [5.41, 5.74) is 0. The Morgan fingerprint density at radius 1 is 1.05 bits per heavy atom. The van der Waals surface area contributed by atoms with Crippen molar-refractivity contribution in [1.29, 1.82) is 0 Å². The van der Waals surface area contributed by atoms with Crippen molar-refractivity contribution in [3.8, 4) is 0 Å². The molecular formula is C17H33N3O2. The fourth-order valence-corrected chi connectivity index (χ4v) is 3.65. The third-order valence-electron chi connectivity index (χ3n) is 5.22. The van der Waals surface area contributed by atoms with Gasteiger partial charge in [-0.15, -0.1) is 0 Å². The van der Waals surface area contributed by atoms with Gasteiger partial charge in [0.25, 0.3) is 0 Å². The van der Waals surface area contributed by atoms with Crippen molar-refractivity contribution < 1.29 is 9.53 Å². The number of likely N-dealkylation sites (tertiary alicyclic amines) is 2. The second kappa shape index (κ2) is 8.85. The van der Waals surface area contributed by atoms with E-state index in [-0.39, 0.29) is 5.97 Å². The standard InChI is InChI=1S/C17H33N3O2/c1-18(2)12-13-22-17(21)14-20-10-6-16(7-11-20)15-4-8-19(3)9-5-15/h15-16H,4-14H2,1-3H3. The molecule has 2 rings (SSSR count). The van der Waals surface area contributed by atoms with Gasteiger partial charge in [-0.3, -0.25) is 9.69 Å². The van der Waals surface area contributed by atoms with Crippen LogP contribution in [0.5, 0.6) is 0 Å². The van der Waals surface area contributed by atoms with E-state index in [1.807, 2.05) is 19.0 Å². The van der Waals surface area contributed by atoms with Crippen molar-refractivity contribution in [2.45, 2.75) is 25.7 Å². The van der Waals surface area contributed by atoms with Crippen molar-refractivity contribution in [3.05, 3.63) is 0 Å². The van der Waals surface area contributed by atoms with Gasteiger partial charge in [0.1, 0.15) is 6.61 Å². The minimum Gasteiger partial charge on any atom is -0.463 e. The number of hydrogen-bond donors (Lipinski definition) is 0. The third kappa shape index (κ3) is 5.86. The molecule has 0 aliphatic carbocycles. The molecule has 0 atom stereocenters. The summed E-state index contributed by atoms with van der Waals surface area (Å²) in [5, 5.41) is 0. The van der Waals surface area contributed by atoms with Gasteiger partial charge in [0.05, 0.1) is 6.54 Å². The molecule has 5 nitrogen and oxygen atoms in total. The number of ether oxygens (including phenoxy) is 1. The summed E-state index contributed by atoms with van der Waals surface area (Å²) in [7, 11) is 6.20. The summed E-state index contributed by atoms with van der Waals surface area (Å²) in [6.45, 7) is 6.38. The molecule has 0 saturated carbocycles. The number of likely N-dealkylation sites (N-methyl/N-ethyl adjacent to an activating group) is 1. The van der Waals surface area contributed by atoms with E-state index >= 15 is 0 Å². The highest BCUT2D eigenvalue weighted by atomic mass is 16.5. The molecule has 0 N–H and O–H groups in total. The fourth-order valence-electron chi connectivity index (χ4n) is 3.65. The molecule has 5 heteroatoms. The van der Waals surface area contributed by atoms with Crippen LogP contribution in [-0.2, 0) is 9.53 Å². The number of rotatable bonds is 6. The van der Waals surface area contributed by atoms with Crippen molar-refractivity contribution in [1.82, 2.24) is 14.7 Å². The van der Waals surface area contributed by atoms with E-state index in [2.05, 4.69) is 16.8 Å². The first kappa shape index (κ1) is 17.7. The maximum absolute atomic E-state index is 11.8. The Morgan fingerprint density at radius 3 is 2.14 bits per heavy atom. The molecule has 2 aliphatic rings. The Labute approximate surface area is 135 Å². The van der Waals surface area contributed by atoms with E-state index in [0.717, 1.165) is 31.5 Å². The lowest BCUT2D eigenvalue weighted by Crippen LogP contribution is -2.42. The first-order chi connectivity index (χ1) is 10.5. The van der Waals surface area contributed by atoms with Gasteiger partial charge in [0.2, 0.25) is 0 Å². The lowest BCUT2D eigenvalue weighted by atomic mass is 9.79. The lowest BCUT2D eigenvalue weighted by molar-refractivity contribution is -0.145. The Kier molecular flexibility index (Phi) is 7.12. The molecule has 2 fully saturated rings. The highest BCUT2D eigenvalue weighted by Crippen LogP contribution is 2.31. The maximum atomic E-state index is 11.8. The number of nitrogens with zero attached hydrogens (tertiary/aromatic N) is 3.